The number of halogens is 1. The van der Waals surface area contributed by atoms with Gasteiger partial charge in [0, 0.05) is 17.8 Å². The van der Waals surface area contributed by atoms with Gasteiger partial charge in [-0.2, -0.15) is 0 Å². The zero-order chi connectivity index (χ0) is 9.56. The highest BCUT2D eigenvalue weighted by Gasteiger charge is 2.09. The summed E-state index contributed by atoms with van der Waals surface area (Å²) in [7, 11) is 0. The predicted octanol–water partition coefficient (Wildman–Crippen LogP) is 2.32. The minimum absolute atomic E-state index is 0.155. The Hall–Kier alpha value is -0.0500. The largest absolute Gasteiger partial charge is 0.355 e. The van der Waals surface area contributed by atoms with Gasteiger partial charge in [0.15, 0.2) is 0 Å². The average Bonchev–Trinajstić information content (AvgIpc) is 2.00. The third-order valence-electron chi connectivity index (χ3n) is 1.69. The number of carbonyl (C=O) groups is 1. The molecule has 1 atom stereocenters. The molecule has 0 aromatic rings. The van der Waals surface area contributed by atoms with Gasteiger partial charge in [-0.25, -0.2) is 0 Å². The molecule has 1 amide bonds. The molecule has 0 aromatic carbocycles. The number of rotatable bonds is 5. The lowest BCUT2D eigenvalue weighted by Crippen LogP contribution is -2.31. The summed E-state index contributed by atoms with van der Waals surface area (Å²) < 4.78 is 0. The third-order valence-corrected chi connectivity index (χ3v) is 3.08. The normalized spacial score (nSPS) is 13.1. The van der Waals surface area contributed by atoms with Crippen LogP contribution >= 0.6 is 15.9 Å². The Morgan fingerprint density at radius 3 is 2.50 bits per heavy atom. The third kappa shape index (κ3) is 5.58. The second kappa shape index (κ2) is 6.46. The van der Waals surface area contributed by atoms with Crippen LogP contribution in [0.25, 0.3) is 0 Å². The molecule has 72 valence electrons. The molecule has 0 saturated heterocycles. The number of alkyl halides is 1. The maximum Gasteiger partial charge on any atom is 0.220 e. The van der Waals surface area contributed by atoms with Crippen molar-refractivity contribution in [3.8, 4) is 0 Å². The predicted molar refractivity (Wildman–Crippen MR) is 55.5 cm³/mol. The van der Waals surface area contributed by atoms with Gasteiger partial charge < -0.3 is 5.32 Å². The van der Waals surface area contributed by atoms with Gasteiger partial charge in [0.1, 0.15) is 0 Å². The second-order valence-corrected chi connectivity index (χ2v) is 4.49. The van der Waals surface area contributed by atoms with Crippen molar-refractivity contribution < 1.29 is 4.79 Å². The van der Waals surface area contributed by atoms with Crippen LogP contribution in [0.1, 0.15) is 33.6 Å². The summed E-state index contributed by atoms with van der Waals surface area (Å²) in [6, 6.07) is 0. The maximum atomic E-state index is 11.0. The van der Waals surface area contributed by atoms with Crippen LogP contribution in [0.5, 0.6) is 0 Å². The molecular weight excluding hydrogens is 218 g/mol. The van der Waals surface area contributed by atoms with E-state index < -0.39 is 0 Å². The highest BCUT2D eigenvalue weighted by molar-refractivity contribution is 9.09. The summed E-state index contributed by atoms with van der Waals surface area (Å²) in [4.78, 5) is 11.4. The van der Waals surface area contributed by atoms with E-state index in [0.717, 1.165) is 13.0 Å². The van der Waals surface area contributed by atoms with Crippen LogP contribution in [0.2, 0.25) is 0 Å². The molecule has 3 heteroatoms. The van der Waals surface area contributed by atoms with Gasteiger partial charge >= 0.3 is 0 Å². The van der Waals surface area contributed by atoms with Crippen molar-refractivity contribution in [3.63, 3.8) is 0 Å². The summed E-state index contributed by atoms with van der Waals surface area (Å²) in [5.74, 6) is 0.717. The number of amides is 1. The summed E-state index contributed by atoms with van der Waals surface area (Å²) in [5.41, 5.74) is 0. The molecule has 0 aliphatic heterocycles. The van der Waals surface area contributed by atoms with E-state index in [2.05, 4.69) is 35.1 Å². The first kappa shape index (κ1) is 11.9. The molecule has 0 fully saturated rings. The molecule has 0 aliphatic carbocycles. The molecule has 2 nitrogen and oxygen atoms in total. The SMILES string of the molecule is CCCC(=O)NCC(Br)C(C)C. The van der Waals surface area contributed by atoms with E-state index in [-0.39, 0.29) is 5.91 Å². The lowest BCUT2D eigenvalue weighted by molar-refractivity contribution is -0.121. The zero-order valence-electron chi connectivity index (χ0n) is 8.06. The number of carbonyl (C=O) groups excluding carboxylic acids is 1. The first-order valence-electron chi connectivity index (χ1n) is 4.48. The van der Waals surface area contributed by atoms with Crippen LogP contribution in [-0.4, -0.2) is 17.3 Å². The van der Waals surface area contributed by atoms with Crippen molar-refractivity contribution in [1.29, 1.82) is 0 Å². The van der Waals surface area contributed by atoms with Crippen molar-refractivity contribution in [2.75, 3.05) is 6.54 Å². The monoisotopic (exact) mass is 235 g/mol. The standard InChI is InChI=1S/C9H18BrNO/c1-4-5-9(12)11-6-8(10)7(2)3/h7-8H,4-6H2,1-3H3,(H,11,12). The van der Waals surface area contributed by atoms with Crippen LogP contribution in [0.4, 0.5) is 0 Å². The fraction of sp³-hybridized carbons (Fsp3) is 0.889. The first-order valence-corrected chi connectivity index (χ1v) is 5.40. The summed E-state index contributed by atoms with van der Waals surface area (Å²) >= 11 is 3.51. The van der Waals surface area contributed by atoms with Crippen LogP contribution in [0, 0.1) is 5.92 Å². The van der Waals surface area contributed by atoms with E-state index >= 15 is 0 Å². The summed E-state index contributed by atoms with van der Waals surface area (Å²) in [5, 5.41) is 2.88. The molecule has 1 unspecified atom stereocenters. The zero-order valence-corrected chi connectivity index (χ0v) is 9.65. The van der Waals surface area contributed by atoms with Gasteiger partial charge in [-0.3, -0.25) is 4.79 Å². The number of hydrogen-bond donors (Lipinski definition) is 1. The van der Waals surface area contributed by atoms with E-state index in [1.54, 1.807) is 0 Å². The van der Waals surface area contributed by atoms with Gasteiger partial charge in [-0.05, 0) is 12.3 Å². The second-order valence-electron chi connectivity index (χ2n) is 3.31. The Morgan fingerprint density at radius 2 is 2.08 bits per heavy atom. The van der Waals surface area contributed by atoms with Gasteiger partial charge in [-0.15, -0.1) is 0 Å². The molecule has 0 heterocycles. The molecule has 1 N–H and O–H groups in total. The number of nitrogens with one attached hydrogen (secondary N) is 1. The van der Waals surface area contributed by atoms with Crippen LogP contribution in [0.3, 0.4) is 0 Å². The van der Waals surface area contributed by atoms with Crippen molar-refractivity contribution in [2.45, 2.75) is 38.4 Å². The quantitative estimate of drug-likeness (QED) is 0.729. The van der Waals surface area contributed by atoms with Crippen molar-refractivity contribution >= 4 is 21.8 Å². The van der Waals surface area contributed by atoms with E-state index in [1.165, 1.54) is 0 Å². The fourth-order valence-electron chi connectivity index (χ4n) is 0.762. The van der Waals surface area contributed by atoms with Crippen molar-refractivity contribution in [1.82, 2.24) is 5.32 Å². The lowest BCUT2D eigenvalue weighted by Gasteiger charge is -2.13. The Labute approximate surface area is 83.2 Å². The van der Waals surface area contributed by atoms with Gasteiger partial charge in [0.2, 0.25) is 5.91 Å². The summed E-state index contributed by atoms with van der Waals surface area (Å²) in [6.07, 6.45) is 1.55. The Balaban J connectivity index is 3.47. The Kier molecular flexibility index (Phi) is 6.44. The molecule has 12 heavy (non-hydrogen) atoms. The van der Waals surface area contributed by atoms with Gasteiger partial charge in [-0.1, -0.05) is 36.7 Å². The fourth-order valence-corrected chi connectivity index (χ4v) is 0.924. The number of hydrogen-bond acceptors (Lipinski definition) is 1. The smallest absolute Gasteiger partial charge is 0.220 e. The molecule has 0 spiro atoms. The summed E-state index contributed by atoms with van der Waals surface area (Å²) in [6.45, 7) is 7.00. The maximum absolute atomic E-state index is 11.0. The lowest BCUT2D eigenvalue weighted by atomic mass is 10.1. The molecule has 0 aromatic heterocycles. The van der Waals surface area contributed by atoms with Crippen LogP contribution in [0.15, 0.2) is 0 Å². The highest BCUT2D eigenvalue weighted by Crippen LogP contribution is 2.10. The van der Waals surface area contributed by atoms with Gasteiger partial charge in [0.25, 0.3) is 0 Å². The van der Waals surface area contributed by atoms with Gasteiger partial charge in [0.05, 0.1) is 0 Å². The molecule has 0 bridgehead atoms. The molecular formula is C9H18BrNO. The molecule has 0 radical (unpaired) electrons. The van der Waals surface area contributed by atoms with E-state index in [4.69, 9.17) is 0 Å². The van der Waals surface area contributed by atoms with Crippen LogP contribution < -0.4 is 5.32 Å². The van der Waals surface area contributed by atoms with E-state index in [9.17, 15) is 4.79 Å². The topological polar surface area (TPSA) is 29.1 Å². The molecule has 0 rings (SSSR count). The highest BCUT2D eigenvalue weighted by atomic mass is 79.9. The average molecular weight is 236 g/mol. The molecule has 0 saturated carbocycles. The Bertz CT molecular complexity index is 136. The van der Waals surface area contributed by atoms with E-state index in [1.807, 2.05) is 6.92 Å². The minimum atomic E-state index is 0.155. The first-order chi connectivity index (χ1) is 5.57. The molecule has 0 aliphatic rings. The van der Waals surface area contributed by atoms with E-state index in [0.29, 0.717) is 17.2 Å². The van der Waals surface area contributed by atoms with Crippen LogP contribution in [-0.2, 0) is 4.79 Å². The van der Waals surface area contributed by atoms with Crippen molar-refractivity contribution in [2.24, 2.45) is 5.92 Å². The Morgan fingerprint density at radius 1 is 1.50 bits per heavy atom. The van der Waals surface area contributed by atoms with Crippen molar-refractivity contribution in [3.05, 3.63) is 0 Å². The minimum Gasteiger partial charge on any atom is -0.355 e.